The van der Waals surface area contributed by atoms with Crippen molar-refractivity contribution in [2.24, 2.45) is 0 Å². The SMILES string of the molecule is Cl.O=C(CCNC(=O)c1cc(F)ccc1Br)NC1CCNCC1. The van der Waals surface area contributed by atoms with E-state index < -0.39 is 11.7 Å². The van der Waals surface area contributed by atoms with Gasteiger partial charge in [-0.3, -0.25) is 9.59 Å². The molecular weight excluding hydrogens is 389 g/mol. The molecule has 23 heavy (non-hydrogen) atoms. The molecule has 1 fully saturated rings. The van der Waals surface area contributed by atoms with Gasteiger partial charge < -0.3 is 16.0 Å². The molecule has 3 N–H and O–H groups in total. The van der Waals surface area contributed by atoms with Gasteiger partial charge in [-0.25, -0.2) is 4.39 Å². The fraction of sp³-hybridized carbons (Fsp3) is 0.467. The van der Waals surface area contributed by atoms with E-state index in [2.05, 4.69) is 31.9 Å². The molecule has 1 aromatic rings. The number of rotatable bonds is 5. The van der Waals surface area contributed by atoms with Crippen LogP contribution in [0.2, 0.25) is 0 Å². The van der Waals surface area contributed by atoms with Crippen molar-refractivity contribution in [2.75, 3.05) is 19.6 Å². The third-order valence-corrected chi connectivity index (χ3v) is 4.21. The minimum absolute atomic E-state index is 0. The van der Waals surface area contributed by atoms with Gasteiger partial charge in [-0.05, 0) is 60.1 Å². The highest BCUT2D eigenvalue weighted by Crippen LogP contribution is 2.17. The molecule has 128 valence electrons. The third kappa shape index (κ3) is 6.45. The van der Waals surface area contributed by atoms with Crippen LogP contribution in [0.25, 0.3) is 0 Å². The van der Waals surface area contributed by atoms with Gasteiger partial charge in [-0.2, -0.15) is 0 Å². The fourth-order valence-electron chi connectivity index (χ4n) is 2.32. The van der Waals surface area contributed by atoms with Crippen molar-refractivity contribution >= 4 is 40.2 Å². The monoisotopic (exact) mass is 407 g/mol. The van der Waals surface area contributed by atoms with Gasteiger partial charge in [0, 0.05) is 23.5 Å². The highest BCUT2D eigenvalue weighted by atomic mass is 79.9. The number of halogens is 3. The van der Waals surface area contributed by atoms with Crippen molar-refractivity contribution in [3.05, 3.63) is 34.1 Å². The summed E-state index contributed by atoms with van der Waals surface area (Å²) < 4.78 is 13.7. The fourth-order valence-corrected chi connectivity index (χ4v) is 2.75. The first-order valence-electron chi connectivity index (χ1n) is 7.29. The average molecular weight is 409 g/mol. The lowest BCUT2D eigenvalue weighted by Gasteiger charge is -2.23. The number of carbonyl (C=O) groups is 2. The third-order valence-electron chi connectivity index (χ3n) is 3.51. The molecule has 1 aliphatic rings. The van der Waals surface area contributed by atoms with Crippen LogP contribution in [0.1, 0.15) is 29.6 Å². The van der Waals surface area contributed by atoms with E-state index in [1.807, 2.05) is 0 Å². The topological polar surface area (TPSA) is 70.2 Å². The van der Waals surface area contributed by atoms with E-state index in [0.717, 1.165) is 32.0 Å². The molecule has 0 radical (unpaired) electrons. The van der Waals surface area contributed by atoms with Gasteiger partial charge in [0.25, 0.3) is 5.91 Å². The predicted molar refractivity (Wildman–Crippen MR) is 92.3 cm³/mol. The number of hydrogen-bond donors (Lipinski definition) is 3. The number of hydrogen-bond acceptors (Lipinski definition) is 3. The molecule has 0 unspecified atom stereocenters. The number of amides is 2. The van der Waals surface area contributed by atoms with E-state index in [9.17, 15) is 14.0 Å². The summed E-state index contributed by atoms with van der Waals surface area (Å²) in [4.78, 5) is 23.7. The summed E-state index contributed by atoms with van der Waals surface area (Å²) in [5, 5.41) is 8.81. The highest BCUT2D eigenvalue weighted by Gasteiger charge is 2.16. The standard InChI is InChI=1S/C15H19BrFN3O2.ClH/c16-13-2-1-10(17)9-12(13)15(22)19-8-5-14(21)20-11-3-6-18-7-4-11;/h1-2,9,11,18H,3-8H2,(H,19,22)(H,20,21);1H. The van der Waals surface area contributed by atoms with E-state index in [-0.39, 0.29) is 42.9 Å². The molecule has 0 spiro atoms. The zero-order valence-electron chi connectivity index (χ0n) is 12.5. The van der Waals surface area contributed by atoms with Crippen molar-refractivity contribution in [2.45, 2.75) is 25.3 Å². The quantitative estimate of drug-likeness (QED) is 0.698. The second kappa shape index (κ2) is 9.85. The van der Waals surface area contributed by atoms with Crippen LogP contribution >= 0.6 is 28.3 Å². The smallest absolute Gasteiger partial charge is 0.252 e. The Kier molecular flexibility index (Phi) is 8.51. The van der Waals surface area contributed by atoms with Gasteiger partial charge in [-0.1, -0.05) is 0 Å². The maximum absolute atomic E-state index is 13.1. The summed E-state index contributed by atoms with van der Waals surface area (Å²) >= 11 is 3.20. The zero-order chi connectivity index (χ0) is 15.9. The predicted octanol–water partition coefficient (Wildman–Crippen LogP) is 2.00. The largest absolute Gasteiger partial charge is 0.353 e. The molecule has 0 saturated carbocycles. The van der Waals surface area contributed by atoms with E-state index in [1.54, 1.807) is 0 Å². The van der Waals surface area contributed by atoms with Gasteiger partial charge in [-0.15, -0.1) is 12.4 Å². The van der Waals surface area contributed by atoms with Gasteiger partial charge in [0.2, 0.25) is 5.91 Å². The van der Waals surface area contributed by atoms with Gasteiger partial charge in [0.05, 0.1) is 5.56 Å². The summed E-state index contributed by atoms with van der Waals surface area (Å²) in [6.07, 6.45) is 2.06. The molecule has 2 rings (SSSR count). The van der Waals surface area contributed by atoms with E-state index >= 15 is 0 Å². The van der Waals surface area contributed by atoms with Crippen LogP contribution in [0.15, 0.2) is 22.7 Å². The van der Waals surface area contributed by atoms with E-state index in [0.29, 0.717) is 4.47 Å². The Bertz CT molecular complexity index is 554. The van der Waals surface area contributed by atoms with Gasteiger partial charge in [0.1, 0.15) is 5.82 Å². The second-order valence-electron chi connectivity index (χ2n) is 5.22. The molecule has 0 aliphatic carbocycles. The summed E-state index contributed by atoms with van der Waals surface area (Å²) in [5.74, 6) is -0.955. The van der Waals surface area contributed by atoms with E-state index in [1.165, 1.54) is 12.1 Å². The molecule has 8 heteroatoms. The maximum Gasteiger partial charge on any atom is 0.252 e. The van der Waals surface area contributed by atoms with Crippen LogP contribution < -0.4 is 16.0 Å². The Hall–Kier alpha value is -1.18. The van der Waals surface area contributed by atoms with Crippen molar-refractivity contribution in [1.29, 1.82) is 0 Å². The van der Waals surface area contributed by atoms with Crippen LogP contribution in [0, 0.1) is 5.82 Å². The summed E-state index contributed by atoms with van der Waals surface area (Å²) in [7, 11) is 0. The van der Waals surface area contributed by atoms with Crippen molar-refractivity contribution < 1.29 is 14.0 Å². The molecule has 2 amide bonds. The van der Waals surface area contributed by atoms with Crippen molar-refractivity contribution in [1.82, 2.24) is 16.0 Å². The molecular formula is C15H20BrClFN3O2. The molecule has 0 bridgehead atoms. The maximum atomic E-state index is 13.1. The summed E-state index contributed by atoms with van der Waals surface area (Å²) in [6.45, 7) is 2.04. The number of nitrogens with one attached hydrogen (secondary N) is 3. The Labute approximate surface area is 149 Å². The van der Waals surface area contributed by atoms with Crippen LogP contribution in [0.4, 0.5) is 4.39 Å². The normalized spacial score (nSPS) is 14.7. The minimum atomic E-state index is -0.475. The summed E-state index contributed by atoms with van der Waals surface area (Å²) in [5.41, 5.74) is 0.221. The van der Waals surface area contributed by atoms with E-state index in [4.69, 9.17) is 0 Å². The lowest BCUT2D eigenvalue weighted by molar-refractivity contribution is -0.121. The molecule has 0 atom stereocenters. The summed E-state index contributed by atoms with van der Waals surface area (Å²) in [6, 6.07) is 4.12. The van der Waals surface area contributed by atoms with Gasteiger partial charge in [0.15, 0.2) is 0 Å². The number of benzene rings is 1. The highest BCUT2D eigenvalue weighted by molar-refractivity contribution is 9.10. The Morgan fingerprint density at radius 1 is 1.30 bits per heavy atom. The number of carbonyl (C=O) groups excluding carboxylic acids is 2. The molecule has 1 saturated heterocycles. The van der Waals surface area contributed by atoms with Crippen LogP contribution in [-0.2, 0) is 4.79 Å². The second-order valence-corrected chi connectivity index (χ2v) is 6.08. The zero-order valence-corrected chi connectivity index (χ0v) is 14.9. The average Bonchev–Trinajstić information content (AvgIpc) is 2.50. The first-order valence-corrected chi connectivity index (χ1v) is 8.09. The first-order chi connectivity index (χ1) is 10.6. The first kappa shape index (κ1) is 19.9. The number of piperidine rings is 1. The molecule has 1 heterocycles. The molecule has 1 aromatic carbocycles. The molecule has 0 aromatic heterocycles. The van der Waals surface area contributed by atoms with Crippen molar-refractivity contribution in [3.63, 3.8) is 0 Å². The Morgan fingerprint density at radius 2 is 2.00 bits per heavy atom. The lowest BCUT2D eigenvalue weighted by atomic mass is 10.1. The Balaban J connectivity index is 0.00000264. The van der Waals surface area contributed by atoms with Crippen LogP contribution in [0.3, 0.4) is 0 Å². The van der Waals surface area contributed by atoms with Crippen molar-refractivity contribution in [3.8, 4) is 0 Å². The minimum Gasteiger partial charge on any atom is -0.353 e. The lowest BCUT2D eigenvalue weighted by Crippen LogP contribution is -2.43. The van der Waals surface area contributed by atoms with Gasteiger partial charge >= 0.3 is 0 Å². The molecule has 1 aliphatic heterocycles. The van der Waals surface area contributed by atoms with Crippen LogP contribution in [0.5, 0.6) is 0 Å². The molecule has 5 nitrogen and oxygen atoms in total. The van der Waals surface area contributed by atoms with Crippen LogP contribution in [-0.4, -0.2) is 37.5 Å². The Morgan fingerprint density at radius 3 is 2.70 bits per heavy atom.